The monoisotopic (exact) mass is 311 g/mol. The summed E-state index contributed by atoms with van der Waals surface area (Å²) >= 11 is 3.47. The van der Waals surface area contributed by atoms with Gasteiger partial charge >= 0.3 is 0 Å². The number of hydrogen-bond donors (Lipinski definition) is 0. The molecule has 1 aromatic rings. The fraction of sp³-hybridized carbons (Fsp3) is 0.533. The highest BCUT2D eigenvalue weighted by Gasteiger charge is 2.13. The minimum Gasteiger partial charge on any atom is -0.372 e. The van der Waals surface area contributed by atoms with Crippen molar-refractivity contribution >= 4 is 27.4 Å². The lowest BCUT2D eigenvalue weighted by Crippen LogP contribution is -2.30. The quantitative estimate of drug-likeness (QED) is 0.745. The van der Waals surface area contributed by atoms with Crippen LogP contribution in [0.2, 0.25) is 0 Å². The van der Waals surface area contributed by atoms with Crippen LogP contribution in [0.1, 0.15) is 44.5 Å². The van der Waals surface area contributed by atoms with Crippen LogP contribution >= 0.6 is 15.9 Å². The number of ketones is 1. The fourth-order valence-corrected chi connectivity index (χ4v) is 2.75. The molecule has 0 fully saturated rings. The van der Waals surface area contributed by atoms with Crippen molar-refractivity contribution in [1.82, 2.24) is 0 Å². The predicted octanol–water partition coefficient (Wildman–Crippen LogP) is 4.52. The molecule has 18 heavy (non-hydrogen) atoms. The van der Waals surface area contributed by atoms with E-state index in [9.17, 15) is 4.79 Å². The molecule has 3 heteroatoms. The van der Waals surface area contributed by atoms with Gasteiger partial charge in [-0.2, -0.15) is 0 Å². The Labute approximate surface area is 119 Å². The van der Waals surface area contributed by atoms with Crippen LogP contribution in [-0.4, -0.2) is 18.9 Å². The molecule has 1 rings (SSSR count). The zero-order valence-electron chi connectivity index (χ0n) is 11.8. The Morgan fingerprint density at radius 3 is 2.39 bits per heavy atom. The first-order valence-corrected chi connectivity index (χ1v) is 7.15. The number of Topliss-reactive ketones (excluding diaryl/α,β-unsaturated/α-hetero) is 1. The zero-order valence-corrected chi connectivity index (χ0v) is 13.4. The molecule has 0 saturated heterocycles. The molecule has 0 saturated carbocycles. The Morgan fingerprint density at radius 1 is 1.33 bits per heavy atom. The maximum atomic E-state index is 11.4. The van der Waals surface area contributed by atoms with E-state index in [1.54, 1.807) is 6.92 Å². The Balaban J connectivity index is 2.90. The van der Waals surface area contributed by atoms with Gasteiger partial charge in [-0.25, -0.2) is 0 Å². The SMILES string of the molecule is CC(=O)c1ccc(N(C)C(C)CC(C)C)cc1Br. The van der Waals surface area contributed by atoms with Crippen LogP contribution in [0.4, 0.5) is 5.69 Å². The van der Waals surface area contributed by atoms with E-state index in [1.165, 1.54) is 0 Å². The van der Waals surface area contributed by atoms with Gasteiger partial charge in [0.05, 0.1) is 0 Å². The lowest BCUT2D eigenvalue weighted by atomic mass is 10.0. The Morgan fingerprint density at radius 2 is 1.94 bits per heavy atom. The standard InChI is InChI=1S/C15H22BrNO/c1-10(2)8-11(3)17(5)13-6-7-14(12(4)18)15(16)9-13/h6-7,9-11H,8H2,1-5H3. The minimum atomic E-state index is 0.0892. The van der Waals surface area contributed by atoms with E-state index in [0.717, 1.165) is 22.1 Å². The third-order valence-corrected chi connectivity index (χ3v) is 3.87. The molecule has 0 aliphatic rings. The van der Waals surface area contributed by atoms with Crippen LogP contribution in [0.25, 0.3) is 0 Å². The molecule has 0 spiro atoms. The third-order valence-electron chi connectivity index (χ3n) is 3.21. The molecule has 0 N–H and O–H groups in total. The van der Waals surface area contributed by atoms with Crippen molar-refractivity contribution in [1.29, 1.82) is 0 Å². The second kappa shape index (κ2) is 6.37. The molecule has 1 atom stereocenters. The summed E-state index contributed by atoms with van der Waals surface area (Å²) < 4.78 is 0.871. The van der Waals surface area contributed by atoms with Crippen molar-refractivity contribution in [3.8, 4) is 0 Å². The zero-order chi connectivity index (χ0) is 13.9. The molecular weight excluding hydrogens is 290 g/mol. The van der Waals surface area contributed by atoms with E-state index < -0.39 is 0 Å². The summed E-state index contributed by atoms with van der Waals surface area (Å²) in [5.41, 5.74) is 1.88. The molecular formula is C15H22BrNO. The van der Waals surface area contributed by atoms with Crippen molar-refractivity contribution in [3.05, 3.63) is 28.2 Å². The van der Waals surface area contributed by atoms with Gasteiger partial charge < -0.3 is 4.90 Å². The first-order valence-electron chi connectivity index (χ1n) is 6.36. The molecule has 1 unspecified atom stereocenters. The van der Waals surface area contributed by atoms with Crippen molar-refractivity contribution in [3.63, 3.8) is 0 Å². The van der Waals surface area contributed by atoms with Gasteiger partial charge in [0.2, 0.25) is 0 Å². The number of carbonyl (C=O) groups is 1. The van der Waals surface area contributed by atoms with Crippen molar-refractivity contribution in [2.24, 2.45) is 5.92 Å². The maximum Gasteiger partial charge on any atom is 0.160 e. The van der Waals surface area contributed by atoms with Gasteiger partial charge in [0.1, 0.15) is 0 Å². The molecule has 0 heterocycles. The minimum absolute atomic E-state index is 0.0892. The lowest BCUT2D eigenvalue weighted by molar-refractivity contribution is 0.101. The second-order valence-corrected chi connectivity index (χ2v) is 6.16. The van der Waals surface area contributed by atoms with Gasteiger partial charge in [-0.05, 0) is 60.3 Å². The van der Waals surface area contributed by atoms with Crippen molar-refractivity contribution in [2.75, 3.05) is 11.9 Å². The van der Waals surface area contributed by atoms with Gasteiger partial charge in [0.15, 0.2) is 5.78 Å². The average molecular weight is 312 g/mol. The topological polar surface area (TPSA) is 20.3 Å². The third kappa shape index (κ3) is 3.84. The highest BCUT2D eigenvalue weighted by Crippen LogP contribution is 2.26. The normalized spacial score (nSPS) is 12.6. The molecule has 2 nitrogen and oxygen atoms in total. The Hall–Kier alpha value is -0.830. The largest absolute Gasteiger partial charge is 0.372 e. The number of anilines is 1. The van der Waals surface area contributed by atoms with Crippen LogP contribution in [0.5, 0.6) is 0 Å². The number of rotatable bonds is 5. The molecule has 0 bridgehead atoms. The fourth-order valence-electron chi connectivity index (χ4n) is 2.10. The van der Waals surface area contributed by atoms with E-state index in [4.69, 9.17) is 0 Å². The molecule has 0 aliphatic heterocycles. The Bertz CT molecular complexity index is 429. The summed E-state index contributed by atoms with van der Waals surface area (Å²) in [5.74, 6) is 0.772. The first kappa shape index (κ1) is 15.2. The lowest BCUT2D eigenvalue weighted by Gasteiger charge is -2.28. The van der Waals surface area contributed by atoms with Crippen molar-refractivity contribution in [2.45, 2.75) is 40.2 Å². The highest BCUT2D eigenvalue weighted by molar-refractivity contribution is 9.10. The maximum absolute atomic E-state index is 11.4. The van der Waals surface area contributed by atoms with E-state index in [-0.39, 0.29) is 5.78 Å². The molecule has 1 aromatic carbocycles. The number of nitrogens with zero attached hydrogens (tertiary/aromatic N) is 1. The van der Waals surface area contributed by atoms with Gasteiger partial charge in [0.25, 0.3) is 0 Å². The van der Waals surface area contributed by atoms with Gasteiger partial charge in [-0.3, -0.25) is 4.79 Å². The molecule has 0 amide bonds. The number of benzene rings is 1. The Kier molecular flexibility index (Phi) is 5.39. The van der Waals surface area contributed by atoms with Crippen LogP contribution in [-0.2, 0) is 0 Å². The van der Waals surface area contributed by atoms with Crippen LogP contribution in [0.3, 0.4) is 0 Å². The van der Waals surface area contributed by atoms with Gasteiger partial charge in [-0.1, -0.05) is 13.8 Å². The summed E-state index contributed by atoms with van der Waals surface area (Å²) in [4.78, 5) is 13.6. The molecule has 0 aromatic heterocycles. The van der Waals surface area contributed by atoms with Gasteiger partial charge in [0, 0.05) is 28.8 Å². The van der Waals surface area contributed by atoms with Crippen molar-refractivity contribution < 1.29 is 4.79 Å². The van der Waals surface area contributed by atoms with E-state index >= 15 is 0 Å². The predicted molar refractivity (Wildman–Crippen MR) is 81.5 cm³/mol. The first-order chi connectivity index (χ1) is 8.32. The molecule has 100 valence electrons. The van der Waals surface area contributed by atoms with Crippen LogP contribution in [0.15, 0.2) is 22.7 Å². The number of carbonyl (C=O) groups excluding carboxylic acids is 1. The summed E-state index contributed by atoms with van der Waals surface area (Å²) in [6.45, 7) is 8.29. The summed E-state index contributed by atoms with van der Waals surface area (Å²) in [6.07, 6.45) is 1.16. The number of halogens is 1. The molecule has 0 aliphatic carbocycles. The number of hydrogen-bond acceptors (Lipinski definition) is 2. The highest BCUT2D eigenvalue weighted by atomic mass is 79.9. The second-order valence-electron chi connectivity index (χ2n) is 5.31. The average Bonchev–Trinajstić information content (AvgIpc) is 2.26. The van der Waals surface area contributed by atoms with E-state index in [0.29, 0.717) is 12.0 Å². The van der Waals surface area contributed by atoms with Crippen LogP contribution < -0.4 is 4.90 Å². The van der Waals surface area contributed by atoms with E-state index in [1.807, 2.05) is 18.2 Å². The summed E-state index contributed by atoms with van der Waals surface area (Å²) in [5, 5.41) is 0. The summed E-state index contributed by atoms with van der Waals surface area (Å²) in [6, 6.07) is 6.41. The van der Waals surface area contributed by atoms with Gasteiger partial charge in [-0.15, -0.1) is 0 Å². The molecule has 0 radical (unpaired) electrons. The smallest absolute Gasteiger partial charge is 0.160 e. The van der Waals surface area contributed by atoms with E-state index in [2.05, 4.69) is 48.6 Å². The van der Waals surface area contributed by atoms with Crippen LogP contribution in [0, 0.1) is 5.92 Å². The summed E-state index contributed by atoms with van der Waals surface area (Å²) in [7, 11) is 2.10.